The van der Waals surface area contributed by atoms with Gasteiger partial charge in [-0.05, 0) is 12.0 Å². The number of ether oxygens (including phenoxy) is 2. The predicted octanol–water partition coefficient (Wildman–Crippen LogP) is 1.02. The van der Waals surface area contributed by atoms with E-state index in [1.807, 2.05) is 13.8 Å². The summed E-state index contributed by atoms with van der Waals surface area (Å²) in [5.74, 6) is -0.601. The largest absolute Gasteiger partial charge is 0.494 e. The number of nitrogens with zero attached hydrogens (tertiary/aromatic N) is 1. The van der Waals surface area contributed by atoms with Crippen molar-refractivity contribution in [2.45, 2.75) is 19.9 Å². The fourth-order valence-electron chi connectivity index (χ4n) is 1.57. The van der Waals surface area contributed by atoms with E-state index in [1.54, 1.807) is 0 Å². The fraction of sp³-hybridized carbons (Fsp3) is 0.462. The second kappa shape index (κ2) is 6.72. The monoisotopic (exact) mass is 266 g/mol. The summed E-state index contributed by atoms with van der Waals surface area (Å²) in [6.45, 7) is 3.65. The van der Waals surface area contributed by atoms with Crippen LogP contribution in [0, 0.1) is 5.92 Å². The lowest BCUT2D eigenvalue weighted by Gasteiger charge is -2.20. The van der Waals surface area contributed by atoms with Gasteiger partial charge in [0.15, 0.2) is 0 Å². The number of carbonyl (C=O) groups excluding carboxylic acids is 2. The van der Waals surface area contributed by atoms with Gasteiger partial charge >= 0.3 is 5.97 Å². The van der Waals surface area contributed by atoms with Crippen LogP contribution in [0.2, 0.25) is 0 Å². The van der Waals surface area contributed by atoms with Crippen LogP contribution in [0.25, 0.3) is 0 Å². The molecule has 0 saturated heterocycles. The fourth-order valence-corrected chi connectivity index (χ4v) is 1.57. The molecule has 0 radical (unpaired) electrons. The average molecular weight is 266 g/mol. The van der Waals surface area contributed by atoms with E-state index in [-0.39, 0.29) is 5.92 Å². The number of carbonyl (C=O) groups is 2. The highest BCUT2D eigenvalue weighted by Crippen LogP contribution is 2.16. The molecule has 0 spiro atoms. The van der Waals surface area contributed by atoms with Crippen molar-refractivity contribution in [3.05, 3.63) is 24.0 Å². The molecule has 0 aliphatic heterocycles. The number of amides is 1. The van der Waals surface area contributed by atoms with Gasteiger partial charge in [-0.2, -0.15) is 0 Å². The van der Waals surface area contributed by atoms with Gasteiger partial charge in [-0.25, -0.2) is 4.79 Å². The van der Waals surface area contributed by atoms with Crippen molar-refractivity contribution in [2.75, 3.05) is 14.2 Å². The average Bonchev–Trinajstić information content (AvgIpc) is 2.43. The molecule has 6 heteroatoms. The van der Waals surface area contributed by atoms with Crippen LogP contribution in [-0.4, -0.2) is 37.1 Å². The van der Waals surface area contributed by atoms with Gasteiger partial charge < -0.3 is 14.8 Å². The summed E-state index contributed by atoms with van der Waals surface area (Å²) in [5, 5.41) is 2.64. The molecule has 1 heterocycles. The normalized spacial score (nSPS) is 11.8. The Morgan fingerprint density at radius 1 is 1.32 bits per heavy atom. The molecule has 1 amide bonds. The highest BCUT2D eigenvalue weighted by molar-refractivity contribution is 5.98. The summed E-state index contributed by atoms with van der Waals surface area (Å²) in [6, 6.07) is 0.832. The standard InChI is InChI=1S/C13H18N2O4/c1-8(2)11(13(17)19-4)15-12(16)9-5-6-14-7-10(9)18-3/h5-8,11H,1-4H3,(H,15,16). The molecule has 0 aromatic carbocycles. The van der Waals surface area contributed by atoms with Crippen molar-refractivity contribution < 1.29 is 19.1 Å². The molecule has 1 unspecified atom stereocenters. The lowest BCUT2D eigenvalue weighted by atomic mass is 10.0. The molecule has 1 aromatic rings. The molecule has 1 N–H and O–H groups in total. The zero-order chi connectivity index (χ0) is 14.4. The lowest BCUT2D eigenvalue weighted by molar-refractivity contribution is -0.144. The van der Waals surface area contributed by atoms with E-state index in [0.717, 1.165) is 0 Å². The van der Waals surface area contributed by atoms with E-state index >= 15 is 0 Å². The van der Waals surface area contributed by atoms with Crippen molar-refractivity contribution in [1.82, 2.24) is 10.3 Å². The Balaban J connectivity index is 2.91. The third-order valence-corrected chi connectivity index (χ3v) is 2.66. The summed E-state index contributed by atoms with van der Waals surface area (Å²) in [7, 11) is 2.74. The number of methoxy groups -OCH3 is 2. The SMILES string of the molecule is COC(=O)C(NC(=O)c1ccncc1OC)C(C)C. The van der Waals surface area contributed by atoms with Crippen LogP contribution in [0.4, 0.5) is 0 Å². The minimum Gasteiger partial charge on any atom is -0.494 e. The molecule has 6 nitrogen and oxygen atoms in total. The molecule has 0 bridgehead atoms. The maximum absolute atomic E-state index is 12.1. The second-order valence-corrected chi connectivity index (χ2v) is 4.29. The van der Waals surface area contributed by atoms with Crippen LogP contribution in [0.15, 0.2) is 18.5 Å². The molecular weight excluding hydrogens is 248 g/mol. The molecule has 1 atom stereocenters. The maximum atomic E-state index is 12.1. The van der Waals surface area contributed by atoms with Crippen molar-refractivity contribution in [3.8, 4) is 5.75 Å². The zero-order valence-corrected chi connectivity index (χ0v) is 11.5. The van der Waals surface area contributed by atoms with Crippen LogP contribution < -0.4 is 10.1 Å². The Kier molecular flexibility index (Phi) is 5.29. The summed E-state index contributed by atoms with van der Waals surface area (Å²) in [6.07, 6.45) is 2.93. The third-order valence-electron chi connectivity index (χ3n) is 2.66. The van der Waals surface area contributed by atoms with Crippen molar-refractivity contribution in [3.63, 3.8) is 0 Å². The Hall–Kier alpha value is -2.11. The number of hydrogen-bond acceptors (Lipinski definition) is 5. The Labute approximate surface area is 112 Å². The molecule has 0 saturated carbocycles. The van der Waals surface area contributed by atoms with E-state index in [2.05, 4.69) is 15.0 Å². The van der Waals surface area contributed by atoms with Crippen molar-refractivity contribution in [2.24, 2.45) is 5.92 Å². The van der Waals surface area contributed by atoms with Crippen LogP contribution in [0.1, 0.15) is 24.2 Å². The first-order chi connectivity index (χ1) is 9.01. The van der Waals surface area contributed by atoms with Crippen LogP contribution in [0.3, 0.4) is 0 Å². The van der Waals surface area contributed by atoms with Crippen LogP contribution in [0.5, 0.6) is 5.75 Å². The Bertz CT molecular complexity index is 460. The molecular formula is C13H18N2O4. The number of aromatic nitrogens is 1. The first-order valence-electron chi connectivity index (χ1n) is 5.88. The molecule has 0 aliphatic carbocycles. The van der Waals surface area contributed by atoms with Gasteiger partial charge in [-0.15, -0.1) is 0 Å². The summed E-state index contributed by atoms with van der Waals surface area (Å²) < 4.78 is 9.73. The van der Waals surface area contributed by atoms with Gasteiger partial charge in [0.2, 0.25) is 0 Å². The number of esters is 1. The third kappa shape index (κ3) is 3.67. The lowest BCUT2D eigenvalue weighted by Crippen LogP contribution is -2.45. The number of rotatable bonds is 5. The molecule has 104 valence electrons. The molecule has 1 rings (SSSR count). The maximum Gasteiger partial charge on any atom is 0.328 e. The summed E-state index contributed by atoms with van der Waals surface area (Å²) >= 11 is 0. The topological polar surface area (TPSA) is 77.5 Å². The Morgan fingerprint density at radius 3 is 2.53 bits per heavy atom. The minimum absolute atomic E-state index is 0.0794. The van der Waals surface area contributed by atoms with Gasteiger partial charge in [0.1, 0.15) is 11.8 Å². The van der Waals surface area contributed by atoms with E-state index in [0.29, 0.717) is 11.3 Å². The van der Waals surface area contributed by atoms with Gasteiger partial charge in [0.25, 0.3) is 5.91 Å². The van der Waals surface area contributed by atoms with Crippen molar-refractivity contribution >= 4 is 11.9 Å². The number of pyridine rings is 1. The molecule has 0 fully saturated rings. The van der Waals surface area contributed by atoms with Gasteiger partial charge in [0.05, 0.1) is 26.0 Å². The second-order valence-electron chi connectivity index (χ2n) is 4.29. The molecule has 1 aromatic heterocycles. The number of hydrogen-bond donors (Lipinski definition) is 1. The quantitative estimate of drug-likeness (QED) is 0.805. The minimum atomic E-state index is -0.699. The molecule has 19 heavy (non-hydrogen) atoms. The molecule has 0 aliphatic rings. The van der Waals surface area contributed by atoms with Crippen molar-refractivity contribution in [1.29, 1.82) is 0 Å². The van der Waals surface area contributed by atoms with E-state index in [4.69, 9.17) is 4.74 Å². The van der Waals surface area contributed by atoms with Crippen LogP contribution >= 0.6 is 0 Å². The van der Waals surface area contributed by atoms with Gasteiger partial charge in [-0.1, -0.05) is 13.8 Å². The highest BCUT2D eigenvalue weighted by atomic mass is 16.5. The summed E-state index contributed by atoms with van der Waals surface area (Å²) in [5.41, 5.74) is 0.326. The Morgan fingerprint density at radius 2 is 2.00 bits per heavy atom. The van der Waals surface area contributed by atoms with Gasteiger partial charge in [-0.3, -0.25) is 9.78 Å². The van der Waals surface area contributed by atoms with E-state index in [9.17, 15) is 9.59 Å². The van der Waals surface area contributed by atoms with E-state index in [1.165, 1.54) is 32.7 Å². The van der Waals surface area contributed by atoms with Crippen LogP contribution in [-0.2, 0) is 9.53 Å². The number of nitrogens with one attached hydrogen (secondary N) is 1. The first kappa shape index (κ1) is 14.9. The highest BCUT2D eigenvalue weighted by Gasteiger charge is 2.26. The van der Waals surface area contributed by atoms with E-state index < -0.39 is 17.9 Å². The first-order valence-corrected chi connectivity index (χ1v) is 5.88. The predicted molar refractivity (Wildman–Crippen MR) is 68.9 cm³/mol. The van der Waals surface area contributed by atoms with Gasteiger partial charge in [0, 0.05) is 6.20 Å². The summed E-state index contributed by atoms with van der Waals surface area (Å²) in [4.78, 5) is 27.6. The zero-order valence-electron chi connectivity index (χ0n) is 11.5. The smallest absolute Gasteiger partial charge is 0.328 e.